The molecule has 1 aromatic carbocycles. The molecule has 0 radical (unpaired) electrons. The summed E-state index contributed by atoms with van der Waals surface area (Å²) in [6.45, 7) is 1.91. The van der Waals surface area contributed by atoms with Gasteiger partial charge in [0, 0.05) is 25.6 Å². The molecule has 2 amide bonds. The van der Waals surface area contributed by atoms with Gasteiger partial charge in [0.05, 0.1) is 11.3 Å². The molecular formula is C17H16F3N3O3. The van der Waals surface area contributed by atoms with Crippen molar-refractivity contribution in [1.82, 2.24) is 10.1 Å². The summed E-state index contributed by atoms with van der Waals surface area (Å²) in [6, 6.07) is 6.02. The van der Waals surface area contributed by atoms with Crippen molar-refractivity contribution in [2.75, 3.05) is 18.9 Å². The van der Waals surface area contributed by atoms with E-state index in [-0.39, 0.29) is 12.4 Å². The Bertz CT molecular complexity index is 830. The van der Waals surface area contributed by atoms with Crippen molar-refractivity contribution in [3.05, 3.63) is 47.2 Å². The Balaban J connectivity index is 1.85. The Labute approximate surface area is 146 Å². The lowest BCUT2D eigenvalue weighted by molar-refractivity contribution is -0.138. The summed E-state index contributed by atoms with van der Waals surface area (Å²) in [6.07, 6.45) is -4.44. The number of benzene rings is 1. The molecule has 0 unspecified atom stereocenters. The molecule has 2 heterocycles. The Morgan fingerprint density at radius 2 is 1.96 bits per heavy atom. The van der Waals surface area contributed by atoms with Crippen molar-refractivity contribution in [2.45, 2.75) is 19.0 Å². The molecule has 1 aromatic heterocycles. The highest BCUT2D eigenvalue weighted by Crippen LogP contribution is 2.36. The van der Waals surface area contributed by atoms with Crippen LogP contribution in [-0.2, 0) is 15.8 Å². The van der Waals surface area contributed by atoms with E-state index in [1.54, 1.807) is 14.0 Å². The molecule has 3 rings (SSSR count). The molecule has 1 fully saturated rings. The fourth-order valence-corrected chi connectivity index (χ4v) is 3.03. The average molecular weight is 367 g/mol. The molecule has 9 heteroatoms. The van der Waals surface area contributed by atoms with Crippen molar-refractivity contribution >= 4 is 17.7 Å². The quantitative estimate of drug-likeness (QED) is 0.847. The van der Waals surface area contributed by atoms with Gasteiger partial charge in [0.25, 0.3) is 0 Å². The number of hydrogen-bond donors (Lipinski definition) is 1. The van der Waals surface area contributed by atoms with E-state index in [2.05, 4.69) is 10.5 Å². The number of likely N-dealkylation sites (N-methyl/N-ethyl adjacent to an activating group) is 1. The number of hydrogen-bond acceptors (Lipinski definition) is 4. The number of halogens is 3. The van der Waals surface area contributed by atoms with Crippen molar-refractivity contribution in [3.63, 3.8) is 0 Å². The number of carbonyl (C=O) groups is 2. The highest BCUT2D eigenvalue weighted by molar-refractivity contribution is 6.08. The summed E-state index contributed by atoms with van der Waals surface area (Å²) in [5.74, 6) is -2.48. The van der Waals surface area contributed by atoms with Crippen molar-refractivity contribution in [1.29, 1.82) is 0 Å². The molecule has 2 atom stereocenters. The van der Waals surface area contributed by atoms with Crippen LogP contribution in [0.4, 0.5) is 19.1 Å². The van der Waals surface area contributed by atoms with Crippen LogP contribution in [-0.4, -0.2) is 35.5 Å². The topological polar surface area (TPSA) is 75.4 Å². The molecule has 1 aliphatic rings. The normalized spacial score (nSPS) is 20.5. The van der Waals surface area contributed by atoms with Crippen molar-refractivity contribution in [2.24, 2.45) is 5.92 Å². The molecule has 6 nitrogen and oxygen atoms in total. The second-order valence-electron chi connectivity index (χ2n) is 6.24. The van der Waals surface area contributed by atoms with Gasteiger partial charge in [-0.05, 0) is 24.6 Å². The molecule has 0 aliphatic carbocycles. The predicted molar refractivity (Wildman–Crippen MR) is 85.2 cm³/mol. The van der Waals surface area contributed by atoms with Crippen LogP contribution in [0.15, 0.2) is 34.9 Å². The van der Waals surface area contributed by atoms with Gasteiger partial charge in [0.1, 0.15) is 5.92 Å². The van der Waals surface area contributed by atoms with E-state index in [1.807, 2.05) is 0 Å². The van der Waals surface area contributed by atoms with Crippen LogP contribution >= 0.6 is 0 Å². The number of rotatable bonds is 3. The van der Waals surface area contributed by atoms with Gasteiger partial charge in [-0.25, -0.2) is 0 Å². The summed E-state index contributed by atoms with van der Waals surface area (Å²) in [5.41, 5.74) is 0.274. The van der Waals surface area contributed by atoms with Crippen molar-refractivity contribution < 1.29 is 27.3 Å². The van der Waals surface area contributed by atoms with Gasteiger partial charge >= 0.3 is 6.18 Å². The van der Waals surface area contributed by atoms with E-state index in [1.165, 1.54) is 23.1 Å². The van der Waals surface area contributed by atoms with Crippen LogP contribution in [0.25, 0.3) is 0 Å². The van der Waals surface area contributed by atoms with Crippen LogP contribution in [0.2, 0.25) is 0 Å². The lowest BCUT2D eigenvalue weighted by Crippen LogP contribution is -2.32. The standard InChI is InChI=1S/C17H16F3N3O3/c1-9-7-13(26-22-9)21-15(24)14-12(8-23(2)16(14)25)10-3-5-11(6-4-10)17(18,19)20/h3-7,12,14H,8H2,1-2H3,(H,21,24)/t12-,14+/m0/s1. The predicted octanol–water partition coefficient (Wildman–Crippen LogP) is 2.81. The van der Waals surface area contributed by atoms with Crippen LogP contribution in [0.5, 0.6) is 0 Å². The summed E-state index contributed by atoms with van der Waals surface area (Å²) >= 11 is 0. The Hall–Kier alpha value is -2.84. The zero-order valence-electron chi connectivity index (χ0n) is 14.0. The van der Waals surface area contributed by atoms with Gasteiger partial charge < -0.3 is 9.42 Å². The first-order chi connectivity index (χ1) is 12.2. The molecule has 0 spiro atoms. The maximum atomic E-state index is 12.7. The molecule has 26 heavy (non-hydrogen) atoms. The molecular weight excluding hydrogens is 351 g/mol. The molecule has 1 N–H and O–H groups in total. The number of nitrogens with zero attached hydrogens (tertiary/aromatic N) is 2. The van der Waals surface area contributed by atoms with Crippen LogP contribution in [0, 0.1) is 12.8 Å². The number of nitrogens with one attached hydrogen (secondary N) is 1. The fraction of sp³-hybridized carbons (Fsp3) is 0.353. The number of amides is 2. The average Bonchev–Trinajstić information content (AvgIpc) is 3.10. The van der Waals surface area contributed by atoms with Gasteiger partial charge in [0.2, 0.25) is 17.7 Å². The maximum absolute atomic E-state index is 12.7. The second-order valence-corrected chi connectivity index (χ2v) is 6.24. The Morgan fingerprint density at radius 3 is 2.50 bits per heavy atom. The minimum Gasteiger partial charge on any atom is -0.344 e. The van der Waals surface area contributed by atoms with Crippen molar-refractivity contribution in [3.8, 4) is 0 Å². The molecule has 1 saturated heterocycles. The van der Waals surface area contributed by atoms with E-state index < -0.39 is 35.4 Å². The van der Waals surface area contributed by atoms with Gasteiger partial charge in [0.15, 0.2) is 0 Å². The summed E-state index contributed by atoms with van der Waals surface area (Å²) in [4.78, 5) is 26.3. The third-order valence-electron chi connectivity index (χ3n) is 4.34. The number of carbonyl (C=O) groups excluding carboxylic acids is 2. The molecule has 138 valence electrons. The third kappa shape index (κ3) is 3.42. The minimum atomic E-state index is -4.44. The van der Waals surface area contributed by atoms with E-state index in [0.29, 0.717) is 11.3 Å². The molecule has 0 bridgehead atoms. The first kappa shape index (κ1) is 18.0. The Kier molecular flexibility index (Phi) is 4.47. The first-order valence-corrected chi connectivity index (χ1v) is 7.83. The van der Waals surface area contributed by atoms with E-state index in [0.717, 1.165) is 12.1 Å². The number of alkyl halides is 3. The third-order valence-corrected chi connectivity index (χ3v) is 4.34. The number of aromatic nitrogens is 1. The van der Waals surface area contributed by atoms with Crippen LogP contribution in [0.1, 0.15) is 22.7 Å². The monoisotopic (exact) mass is 367 g/mol. The van der Waals surface area contributed by atoms with E-state index >= 15 is 0 Å². The summed E-state index contributed by atoms with van der Waals surface area (Å²) in [5, 5.41) is 6.14. The lowest BCUT2D eigenvalue weighted by Gasteiger charge is -2.17. The Morgan fingerprint density at radius 1 is 1.31 bits per heavy atom. The van der Waals surface area contributed by atoms with E-state index in [9.17, 15) is 22.8 Å². The minimum absolute atomic E-state index is 0.112. The van der Waals surface area contributed by atoms with Gasteiger partial charge in [-0.1, -0.05) is 17.3 Å². The molecule has 1 aliphatic heterocycles. The number of likely N-dealkylation sites (tertiary alicyclic amines) is 1. The number of aryl methyl sites for hydroxylation is 1. The zero-order valence-corrected chi connectivity index (χ0v) is 14.0. The summed E-state index contributed by atoms with van der Waals surface area (Å²) in [7, 11) is 1.55. The van der Waals surface area contributed by atoms with Gasteiger partial charge in [-0.15, -0.1) is 0 Å². The smallest absolute Gasteiger partial charge is 0.344 e. The van der Waals surface area contributed by atoms with E-state index in [4.69, 9.17) is 4.52 Å². The van der Waals surface area contributed by atoms with Gasteiger partial charge in [-0.3, -0.25) is 14.9 Å². The zero-order chi connectivity index (χ0) is 19.1. The van der Waals surface area contributed by atoms with Crippen LogP contribution in [0.3, 0.4) is 0 Å². The summed E-state index contributed by atoms with van der Waals surface area (Å²) < 4.78 is 43.1. The molecule has 2 aromatic rings. The molecule has 0 saturated carbocycles. The van der Waals surface area contributed by atoms with Crippen LogP contribution < -0.4 is 5.32 Å². The first-order valence-electron chi connectivity index (χ1n) is 7.83. The SMILES string of the molecule is Cc1cc(NC(=O)[C@@H]2C(=O)N(C)C[C@H]2c2ccc(C(F)(F)F)cc2)on1. The second kappa shape index (κ2) is 6.47. The fourth-order valence-electron chi connectivity index (χ4n) is 3.03. The van der Waals surface area contributed by atoms with Gasteiger partial charge in [-0.2, -0.15) is 13.2 Å². The lowest BCUT2D eigenvalue weighted by atomic mass is 9.87. The highest BCUT2D eigenvalue weighted by Gasteiger charge is 2.44. The highest BCUT2D eigenvalue weighted by atomic mass is 19.4. The number of anilines is 1. The largest absolute Gasteiger partial charge is 0.416 e. The maximum Gasteiger partial charge on any atom is 0.416 e.